The van der Waals surface area contributed by atoms with Gasteiger partial charge in [-0.15, -0.1) is 0 Å². The number of aryl methyl sites for hydroxylation is 3. The number of hydrogen-bond donors (Lipinski definition) is 1. The zero-order chi connectivity index (χ0) is 25.2. The second-order valence-electron chi connectivity index (χ2n) is 9.33. The SMILES string of the molecule is Cc1ccc(CNC(=O)CN(C(=O)[C@@]2(C)CC(=O)N=C3C=CC=CN32)c2cc(C)ccc2C)cc1. The molecule has 4 rings (SSSR count). The zero-order valence-electron chi connectivity index (χ0n) is 20.5. The lowest BCUT2D eigenvalue weighted by Crippen LogP contribution is -2.62. The highest BCUT2D eigenvalue weighted by atomic mass is 16.2. The minimum Gasteiger partial charge on any atom is -0.350 e. The van der Waals surface area contributed by atoms with Crippen molar-refractivity contribution in [1.29, 1.82) is 0 Å². The van der Waals surface area contributed by atoms with Gasteiger partial charge in [-0.2, -0.15) is 4.99 Å². The predicted molar refractivity (Wildman–Crippen MR) is 137 cm³/mol. The highest BCUT2D eigenvalue weighted by Crippen LogP contribution is 2.33. The molecule has 0 saturated heterocycles. The van der Waals surface area contributed by atoms with E-state index < -0.39 is 5.54 Å². The topological polar surface area (TPSA) is 82.1 Å². The number of fused-ring (bicyclic) bond motifs is 1. The van der Waals surface area contributed by atoms with Crippen molar-refractivity contribution in [2.24, 2.45) is 4.99 Å². The maximum atomic E-state index is 14.2. The number of carbonyl (C=O) groups excluding carboxylic acids is 3. The maximum absolute atomic E-state index is 14.2. The van der Waals surface area contributed by atoms with E-state index in [-0.39, 0.29) is 30.7 Å². The van der Waals surface area contributed by atoms with Crippen LogP contribution in [0.2, 0.25) is 0 Å². The van der Waals surface area contributed by atoms with Gasteiger partial charge < -0.3 is 15.1 Å². The second-order valence-corrected chi connectivity index (χ2v) is 9.33. The highest BCUT2D eigenvalue weighted by molar-refractivity contribution is 6.13. The molecule has 0 saturated carbocycles. The van der Waals surface area contributed by atoms with Crippen molar-refractivity contribution in [1.82, 2.24) is 10.2 Å². The molecule has 0 unspecified atom stereocenters. The monoisotopic (exact) mass is 470 g/mol. The van der Waals surface area contributed by atoms with Gasteiger partial charge in [0.05, 0.1) is 6.42 Å². The molecular formula is C28H30N4O3. The van der Waals surface area contributed by atoms with E-state index in [2.05, 4.69) is 10.3 Å². The van der Waals surface area contributed by atoms with Gasteiger partial charge in [-0.3, -0.25) is 14.4 Å². The molecular weight excluding hydrogens is 440 g/mol. The molecule has 1 atom stereocenters. The molecule has 7 nitrogen and oxygen atoms in total. The molecule has 2 aliphatic heterocycles. The second kappa shape index (κ2) is 9.70. The first-order valence-electron chi connectivity index (χ1n) is 11.6. The molecule has 0 spiro atoms. The molecule has 0 aromatic heterocycles. The normalized spacial score (nSPS) is 18.7. The molecule has 1 N–H and O–H groups in total. The first-order chi connectivity index (χ1) is 16.7. The fraction of sp³-hybridized carbons (Fsp3) is 0.286. The van der Waals surface area contributed by atoms with Crippen molar-refractivity contribution < 1.29 is 14.4 Å². The molecule has 3 amide bonds. The van der Waals surface area contributed by atoms with E-state index in [1.165, 1.54) is 4.90 Å². The van der Waals surface area contributed by atoms with Crippen molar-refractivity contribution >= 4 is 29.2 Å². The van der Waals surface area contributed by atoms with Gasteiger partial charge in [0.1, 0.15) is 17.9 Å². The number of nitrogens with zero attached hydrogens (tertiary/aromatic N) is 3. The lowest BCUT2D eigenvalue weighted by molar-refractivity contribution is -0.133. The minimum atomic E-state index is -1.22. The van der Waals surface area contributed by atoms with Crippen LogP contribution in [0.15, 0.2) is 71.9 Å². The quantitative estimate of drug-likeness (QED) is 0.698. The van der Waals surface area contributed by atoms with Gasteiger partial charge in [0.25, 0.3) is 11.8 Å². The van der Waals surface area contributed by atoms with Gasteiger partial charge in [-0.05, 0) is 62.6 Å². The first kappa shape index (κ1) is 24.1. The van der Waals surface area contributed by atoms with Gasteiger partial charge >= 0.3 is 0 Å². The number of carbonyl (C=O) groups is 3. The van der Waals surface area contributed by atoms with Gasteiger partial charge in [0.2, 0.25) is 5.91 Å². The molecule has 2 heterocycles. The summed E-state index contributed by atoms with van der Waals surface area (Å²) in [6, 6.07) is 13.7. The first-order valence-corrected chi connectivity index (χ1v) is 11.6. The molecule has 2 aromatic rings. The lowest BCUT2D eigenvalue weighted by Gasteiger charge is -2.44. The summed E-state index contributed by atoms with van der Waals surface area (Å²) in [6.45, 7) is 7.78. The molecule has 0 bridgehead atoms. The molecule has 0 aliphatic carbocycles. The number of benzene rings is 2. The van der Waals surface area contributed by atoms with Gasteiger partial charge in [0.15, 0.2) is 0 Å². The Balaban J connectivity index is 1.64. The Morgan fingerprint density at radius 2 is 1.77 bits per heavy atom. The van der Waals surface area contributed by atoms with Crippen molar-refractivity contribution in [2.75, 3.05) is 11.4 Å². The highest BCUT2D eigenvalue weighted by Gasteiger charge is 2.48. The minimum absolute atomic E-state index is 0.0835. The van der Waals surface area contributed by atoms with Crippen LogP contribution in [0.1, 0.15) is 35.6 Å². The molecule has 0 radical (unpaired) electrons. The fourth-order valence-corrected chi connectivity index (χ4v) is 4.34. The van der Waals surface area contributed by atoms with Crippen LogP contribution in [-0.2, 0) is 20.9 Å². The summed E-state index contributed by atoms with van der Waals surface area (Å²) in [7, 11) is 0. The summed E-state index contributed by atoms with van der Waals surface area (Å²) in [5, 5.41) is 2.93. The lowest BCUT2D eigenvalue weighted by atomic mass is 9.90. The number of aliphatic imine (C=N–C) groups is 1. The zero-order valence-corrected chi connectivity index (χ0v) is 20.5. The van der Waals surface area contributed by atoms with Crippen LogP contribution in [0.25, 0.3) is 0 Å². The Bertz CT molecular complexity index is 1260. The third-order valence-electron chi connectivity index (χ3n) is 6.38. The van der Waals surface area contributed by atoms with E-state index in [0.717, 1.165) is 22.3 Å². The van der Waals surface area contributed by atoms with E-state index in [4.69, 9.17) is 0 Å². The van der Waals surface area contributed by atoms with Crippen molar-refractivity contribution in [3.05, 3.63) is 89.1 Å². The molecule has 2 aromatic carbocycles. The average molecular weight is 471 g/mol. The van der Waals surface area contributed by atoms with E-state index in [1.807, 2.05) is 63.2 Å². The van der Waals surface area contributed by atoms with Gasteiger partial charge in [0, 0.05) is 18.4 Å². The largest absolute Gasteiger partial charge is 0.350 e. The summed E-state index contributed by atoms with van der Waals surface area (Å²) < 4.78 is 0. The van der Waals surface area contributed by atoms with Crippen molar-refractivity contribution in [2.45, 2.75) is 46.2 Å². The standard InChI is InChI=1S/C28H30N4O3/c1-19-9-12-22(13-10-19)17-29-26(34)18-31(23-15-20(2)8-11-21(23)3)27(35)28(4)16-25(33)30-24-7-5-6-14-32(24)28/h5-15H,16-18H2,1-4H3,(H,29,34)/t28-/m1/s1. The average Bonchev–Trinajstić information content (AvgIpc) is 2.83. The van der Waals surface area contributed by atoms with Crippen LogP contribution in [0, 0.1) is 20.8 Å². The number of amidine groups is 1. The Morgan fingerprint density at radius 1 is 1.06 bits per heavy atom. The van der Waals surface area contributed by atoms with Crippen LogP contribution in [0.4, 0.5) is 5.69 Å². The number of rotatable bonds is 6. The predicted octanol–water partition coefficient (Wildman–Crippen LogP) is 3.73. The summed E-state index contributed by atoms with van der Waals surface area (Å²) >= 11 is 0. The molecule has 7 heteroatoms. The summed E-state index contributed by atoms with van der Waals surface area (Å²) in [4.78, 5) is 47.0. The summed E-state index contributed by atoms with van der Waals surface area (Å²) in [5.74, 6) is -0.563. The number of nitrogens with one attached hydrogen (secondary N) is 1. The number of allylic oxidation sites excluding steroid dienone is 2. The van der Waals surface area contributed by atoms with Crippen LogP contribution in [0.5, 0.6) is 0 Å². The Labute approximate surface area is 205 Å². The van der Waals surface area contributed by atoms with E-state index in [1.54, 1.807) is 36.3 Å². The molecule has 180 valence electrons. The Morgan fingerprint density at radius 3 is 2.51 bits per heavy atom. The molecule has 35 heavy (non-hydrogen) atoms. The molecule has 2 aliphatic rings. The Kier molecular flexibility index (Phi) is 6.69. The number of hydrogen-bond acceptors (Lipinski definition) is 4. The maximum Gasteiger partial charge on any atom is 0.254 e. The van der Waals surface area contributed by atoms with Gasteiger partial charge in [-0.1, -0.05) is 48.0 Å². The van der Waals surface area contributed by atoms with E-state index in [0.29, 0.717) is 18.1 Å². The fourth-order valence-electron chi connectivity index (χ4n) is 4.34. The van der Waals surface area contributed by atoms with Gasteiger partial charge in [-0.25, -0.2) is 0 Å². The third-order valence-corrected chi connectivity index (χ3v) is 6.38. The van der Waals surface area contributed by atoms with Crippen LogP contribution >= 0.6 is 0 Å². The van der Waals surface area contributed by atoms with Crippen molar-refractivity contribution in [3.8, 4) is 0 Å². The van der Waals surface area contributed by atoms with E-state index in [9.17, 15) is 14.4 Å². The number of anilines is 1. The van der Waals surface area contributed by atoms with Crippen LogP contribution in [-0.4, -0.2) is 40.5 Å². The Hall–Kier alpha value is -4.00. The summed E-state index contributed by atoms with van der Waals surface area (Å²) in [5.41, 5.74) is 3.38. The third kappa shape index (κ3) is 5.09. The van der Waals surface area contributed by atoms with Crippen LogP contribution in [0.3, 0.4) is 0 Å². The summed E-state index contributed by atoms with van der Waals surface area (Å²) in [6.07, 6.45) is 6.96. The van der Waals surface area contributed by atoms with Crippen molar-refractivity contribution in [3.63, 3.8) is 0 Å². The van der Waals surface area contributed by atoms with Crippen LogP contribution < -0.4 is 10.2 Å². The molecule has 0 fully saturated rings. The smallest absolute Gasteiger partial charge is 0.254 e. The number of amides is 3. The van der Waals surface area contributed by atoms with E-state index >= 15 is 0 Å².